The molecule has 0 unspecified atom stereocenters. The van der Waals surface area contributed by atoms with Gasteiger partial charge in [-0.25, -0.2) is 4.98 Å². The van der Waals surface area contributed by atoms with E-state index in [2.05, 4.69) is 46.6 Å². The molecule has 0 aliphatic rings. The maximum absolute atomic E-state index is 5.59. The van der Waals surface area contributed by atoms with E-state index in [1.807, 2.05) is 0 Å². The number of nitrogens with one attached hydrogen (secondary N) is 1. The summed E-state index contributed by atoms with van der Waals surface area (Å²) in [6.45, 7) is 6.74. The molecule has 0 saturated carbocycles. The van der Waals surface area contributed by atoms with Crippen LogP contribution in [0.25, 0.3) is 0 Å². The van der Waals surface area contributed by atoms with Crippen molar-refractivity contribution in [3.8, 4) is 5.88 Å². The van der Waals surface area contributed by atoms with Crippen molar-refractivity contribution in [1.82, 2.24) is 15.3 Å². The van der Waals surface area contributed by atoms with E-state index in [9.17, 15) is 0 Å². The third-order valence-corrected chi connectivity index (χ3v) is 3.66. The first-order valence-electron chi connectivity index (χ1n) is 6.91. The predicted molar refractivity (Wildman–Crippen MR) is 82.1 cm³/mol. The van der Waals surface area contributed by atoms with Crippen LogP contribution in [0.1, 0.15) is 24.4 Å². The lowest BCUT2D eigenvalue weighted by Gasteiger charge is -2.07. The third-order valence-electron chi connectivity index (χ3n) is 2.72. The predicted octanol–water partition coefficient (Wildman–Crippen LogP) is 2.91. The molecular weight excluding hydrogens is 270 g/mol. The largest absolute Gasteiger partial charge is 0.476 e. The number of nitrogens with zero attached hydrogens (tertiary/aromatic N) is 2. The molecule has 2 rings (SSSR count). The summed E-state index contributed by atoms with van der Waals surface area (Å²) in [7, 11) is 0. The van der Waals surface area contributed by atoms with E-state index < -0.39 is 0 Å². The van der Waals surface area contributed by atoms with Gasteiger partial charge in [0.2, 0.25) is 5.88 Å². The summed E-state index contributed by atoms with van der Waals surface area (Å²) in [5, 5.41) is 5.42. The summed E-state index contributed by atoms with van der Waals surface area (Å²) in [6, 6.07) is 4.17. The Bertz CT molecular complexity index is 482. The zero-order valence-corrected chi connectivity index (χ0v) is 12.8. The van der Waals surface area contributed by atoms with Crippen molar-refractivity contribution in [2.24, 2.45) is 5.92 Å². The van der Waals surface area contributed by atoms with E-state index in [0.717, 1.165) is 25.2 Å². The van der Waals surface area contributed by atoms with Crippen LogP contribution in [0.15, 0.2) is 29.9 Å². The zero-order chi connectivity index (χ0) is 14.2. The first kappa shape index (κ1) is 14.9. The third kappa shape index (κ3) is 5.27. The van der Waals surface area contributed by atoms with Gasteiger partial charge in [-0.2, -0.15) is 0 Å². The molecule has 0 aliphatic heterocycles. The topological polar surface area (TPSA) is 47.0 Å². The summed E-state index contributed by atoms with van der Waals surface area (Å²) in [5.41, 5.74) is 0.941. The summed E-state index contributed by atoms with van der Waals surface area (Å²) >= 11 is 1.75. The maximum Gasteiger partial charge on any atom is 0.232 e. The number of hydrogen-bond donors (Lipinski definition) is 1. The van der Waals surface area contributed by atoms with Crippen LogP contribution < -0.4 is 10.1 Å². The van der Waals surface area contributed by atoms with Crippen molar-refractivity contribution in [3.05, 3.63) is 40.5 Å². The van der Waals surface area contributed by atoms with Gasteiger partial charge in [-0.15, -0.1) is 11.3 Å². The van der Waals surface area contributed by atoms with Crippen LogP contribution in [0.3, 0.4) is 0 Å². The molecule has 0 atom stereocenters. The van der Waals surface area contributed by atoms with Crippen LogP contribution >= 0.6 is 11.3 Å². The van der Waals surface area contributed by atoms with Crippen LogP contribution in [0.5, 0.6) is 5.88 Å². The molecule has 2 aromatic heterocycles. The standard InChI is InChI=1S/C15H21N3OS/c1-12(2)8-16-9-13-10-18-15(11-17-13)19-6-5-14-4-3-7-20-14/h3-4,7,10-12,16H,5-6,8-9H2,1-2H3. The van der Waals surface area contributed by atoms with Crippen LogP contribution in [0.4, 0.5) is 0 Å². The highest BCUT2D eigenvalue weighted by Crippen LogP contribution is 2.10. The Morgan fingerprint density at radius 3 is 2.85 bits per heavy atom. The van der Waals surface area contributed by atoms with Crippen LogP contribution in [0.2, 0.25) is 0 Å². The fourth-order valence-electron chi connectivity index (χ4n) is 1.71. The highest BCUT2D eigenvalue weighted by molar-refractivity contribution is 7.09. The van der Waals surface area contributed by atoms with E-state index in [-0.39, 0.29) is 0 Å². The van der Waals surface area contributed by atoms with Gasteiger partial charge < -0.3 is 10.1 Å². The normalized spacial score (nSPS) is 10.9. The van der Waals surface area contributed by atoms with Crippen LogP contribution in [-0.2, 0) is 13.0 Å². The molecule has 108 valence electrons. The SMILES string of the molecule is CC(C)CNCc1cnc(OCCc2cccs2)cn1. The van der Waals surface area contributed by atoms with Gasteiger partial charge in [0.05, 0.1) is 24.7 Å². The number of ether oxygens (including phenoxy) is 1. The van der Waals surface area contributed by atoms with E-state index in [0.29, 0.717) is 18.4 Å². The van der Waals surface area contributed by atoms with Crippen molar-refractivity contribution < 1.29 is 4.74 Å². The summed E-state index contributed by atoms with van der Waals surface area (Å²) in [5.74, 6) is 1.23. The molecule has 2 aromatic rings. The highest BCUT2D eigenvalue weighted by atomic mass is 32.1. The second-order valence-corrected chi connectivity index (χ2v) is 6.08. The number of aromatic nitrogens is 2. The molecule has 0 radical (unpaired) electrons. The fourth-order valence-corrected chi connectivity index (χ4v) is 2.40. The van der Waals surface area contributed by atoms with Gasteiger partial charge in [-0.05, 0) is 23.9 Å². The van der Waals surface area contributed by atoms with Crippen molar-refractivity contribution in [2.45, 2.75) is 26.8 Å². The average Bonchev–Trinajstić information content (AvgIpc) is 2.93. The molecule has 0 fully saturated rings. The molecule has 2 heterocycles. The Balaban J connectivity index is 1.71. The van der Waals surface area contributed by atoms with Gasteiger partial charge in [-0.1, -0.05) is 19.9 Å². The van der Waals surface area contributed by atoms with Gasteiger partial charge in [0.25, 0.3) is 0 Å². The smallest absolute Gasteiger partial charge is 0.232 e. The number of hydrogen-bond acceptors (Lipinski definition) is 5. The minimum atomic E-state index is 0.592. The van der Waals surface area contributed by atoms with Gasteiger partial charge >= 0.3 is 0 Å². The van der Waals surface area contributed by atoms with Crippen molar-refractivity contribution in [2.75, 3.05) is 13.2 Å². The second kappa shape index (κ2) is 7.97. The van der Waals surface area contributed by atoms with Gasteiger partial charge in [-0.3, -0.25) is 4.98 Å². The first-order chi connectivity index (χ1) is 9.74. The fraction of sp³-hybridized carbons (Fsp3) is 0.467. The van der Waals surface area contributed by atoms with E-state index >= 15 is 0 Å². The Hall–Kier alpha value is -1.46. The Labute approximate surface area is 124 Å². The summed E-state index contributed by atoms with van der Waals surface area (Å²) in [6.07, 6.45) is 4.38. The Morgan fingerprint density at radius 1 is 1.30 bits per heavy atom. The monoisotopic (exact) mass is 291 g/mol. The zero-order valence-electron chi connectivity index (χ0n) is 12.0. The quantitative estimate of drug-likeness (QED) is 0.812. The lowest BCUT2D eigenvalue weighted by molar-refractivity contribution is 0.308. The molecule has 0 saturated heterocycles. The first-order valence-corrected chi connectivity index (χ1v) is 7.79. The molecule has 0 aromatic carbocycles. The lowest BCUT2D eigenvalue weighted by Crippen LogP contribution is -2.19. The van der Waals surface area contributed by atoms with Crippen molar-refractivity contribution in [3.63, 3.8) is 0 Å². The Kier molecular flexibility index (Phi) is 5.95. The lowest BCUT2D eigenvalue weighted by atomic mass is 10.2. The van der Waals surface area contributed by atoms with Crippen LogP contribution in [0, 0.1) is 5.92 Å². The van der Waals surface area contributed by atoms with Gasteiger partial charge in [0.15, 0.2) is 0 Å². The van der Waals surface area contributed by atoms with E-state index in [1.54, 1.807) is 23.7 Å². The van der Waals surface area contributed by atoms with Crippen LogP contribution in [-0.4, -0.2) is 23.1 Å². The summed E-state index contributed by atoms with van der Waals surface area (Å²) in [4.78, 5) is 9.94. The minimum Gasteiger partial charge on any atom is -0.476 e. The maximum atomic E-state index is 5.59. The highest BCUT2D eigenvalue weighted by Gasteiger charge is 2.00. The second-order valence-electron chi connectivity index (χ2n) is 5.05. The molecule has 0 spiro atoms. The molecule has 0 aliphatic carbocycles. The molecule has 20 heavy (non-hydrogen) atoms. The molecular formula is C15H21N3OS. The van der Waals surface area contributed by atoms with E-state index in [4.69, 9.17) is 4.74 Å². The van der Waals surface area contributed by atoms with E-state index in [1.165, 1.54) is 4.88 Å². The molecule has 4 nitrogen and oxygen atoms in total. The molecule has 5 heteroatoms. The Morgan fingerprint density at radius 2 is 2.20 bits per heavy atom. The number of rotatable bonds is 8. The average molecular weight is 291 g/mol. The minimum absolute atomic E-state index is 0.592. The van der Waals surface area contributed by atoms with Gasteiger partial charge in [0, 0.05) is 17.8 Å². The molecule has 0 bridgehead atoms. The molecule has 0 amide bonds. The van der Waals surface area contributed by atoms with Gasteiger partial charge in [0.1, 0.15) is 0 Å². The van der Waals surface area contributed by atoms with Crippen molar-refractivity contribution >= 4 is 11.3 Å². The number of thiophene rings is 1. The molecule has 1 N–H and O–H groups in total. The summed E-state index contributed by atoms with van der Waals surface area (Å²) < 4.78 is 5.59. The van der Waals surface area contributed by atoms with Crippen molar-refractivity contribution in [1.29, 1.82) is 0 Å².